The number of aryl methyl sites for hydroxylation is 2. The molecule has 0 spiro atoms. The first-order valence-electron chi connectivity index (χ1n) is 7.20. The van der Waals surface area contributed by atoms with Crippen LogP contribution >= 0.6 is 0 Å². The summed E-state index contributed by atoms with van der Waals surface area (Å²) in [4.78, 5) is 26.7. The number of rotatable bonds is 3. The monoisotopic (exact) mass is 290 g/mol. The van der Waals surface area contributed by atoms with Crippen molar-refractivity contribution in [2.45, 2.75) is 26.7 Å². The number of carbonyl (C=O) groups is 2. The first kappa shape index (κ1) is 15.4. The van der Waals surface area contributed by atoms with Gasteiger partial charge in [0.15, 0.2) is 0 Å². The van der Waals surface area contributed by atoms with Crippen LogP contribution in [0.3, 0.4) is 0 Å². The smallest absolute Gasteiger partial charge is 0.324 e. The molecular weight excluding hydrogens is 268 g/mol. The van der Waals surface area contributed by atoms with Crippen molar-refractivity contribution in [3.63, 3.8) is 0 Å². The lowest BCUT2D eigenvalue weighted by molar-refractivity contribution is -0.138. The number of anilines is 1. The second-order valence-electron chi connectivity index (χ2n) is 5.83. The number of amides is 2. The van der Waals surface area contributed by atoms with E-state index in [1.165, 1.54) is 5.56 Å². The van der Waals surface area contributed by atoms with E-state index < -0.39 is 5.97 Å². The summed E-state index contributed by atoms with van der Waals surface area (Å²) in [6.45, 7) is 5.17. The summed E-state index contributed by atoms with van der Waals surface area (Å²) < 4.78 is 0. The molecule has 0 saturated carbocycles. The highest BCUT2D eigenvalue weighted by Crippen LogP contribution is 2.25. The lowest BCUT2D eigenvalue weighted by Gasteiger charge is -2.26. The third kappa shape index (κ3) is 3.54. The zero-order chi connectivity index (χ0) is 15.6. The molecule has 0 radical (unpaired) electrons. The first-order valence-corrected chi connectivity index (χ1v) is 7.20. The number of urea groups is 1. The molecule has 2 rings (SSSR count). The number of nitrogens with zero attached hydrogens (tertiary/aromatic N) is 2. The Balaban J connectivity index is 2.05. The van der Waals surface area contributed by atoms with E-state index in [9.17, 15) is 9.59 Å². The molecule has 1 N–H and O–H groups in total. The van der Waals surface area contributed by atoms with Crippen LogP contribution in [0, 0.1) is 19.8 Å². The van der Waals surface area contributed by atoms with Crippen LogP contribution in [0.5, 0.6) is 0 Å². The van der Waals surface area contributed by atoms with Crippen molar-refractivity contribution in [2.75, 3.05) is 25.0 Å². The van der Waals surface area contributed by atoms with Crippen LogP contribution in [0.2, 0.25) is 0 Å². The summed E-state index contributed by atoms with van der Waals surface area (Å²) in [5.74, 6) is -0.726. The van der Waals surface area contributed by atoms with Gasteiger partial charge in [0.25, 0.3) is 0 Å². The number of benzene rings is 1. The highest BCUT2D eigenvalue weighted by atomic mass is 16.4. The first-order chi connectivity index (χ1) is 9.88. The maximum absolute atomic E-state index is 12.5. The molecule has 1 aromatic rings. The van der Waals surface area contributed by atoms with Gasteiger partial charge in [-0.15, -0.1) is 0 Å². The maximum atomic E-state index is 12.5. The molecular formula is C16H22N2O3. The largest absolute Gasteiger partial charge is 0.481 e. The lowest BCUT2D eigenvalue weighted by atomic mass is 10.1. The zero-order valence-corrected chi connectivity index (χ0v) is 12.8. The van der Waals surface area contributed by atoms with Crippen LogP contribution in [0.25, 0.3) is 0 Å². The van der Waals surface area contributed by atoms with E-state index in [1.54, 1.807) is 16.8 Å². The van der Waals surface area contributed by atoms with Crippen LogP contribution in [0.1, 0.15) is 24.0 Å². The Bertz CT molecular complexity index is 556. The number of hydrogen-bond donors (Lipinski definition) is 1. The van der Waals surface area contributed by atoms with E-state index in [-0.39, 0.29) is 18.4 Å². The van der Waals surface area contributed by atoms with Gasteiger partial charge < -0.3 is 10.0 Å². The lowest BCUT2D eigenvalue weighted by Crippen LogP contribution is -2.40. The molecule has 1 aromatic carbocycles. The zero-order valence-electron chi connectivity index (χ0n) is 12.8. The molecule has 1 unspecified atom stereocenters. The second-order valence-corrected chi connectivity index (χ2v) is 5.83. The summed E-state index contributed by atoms with van der Waals surface area (Å²) in [6, 6.07) is 5.93. The minimum atomic E-state index is -0.794. The van der Waals surface area contributed by atoms with Gasteiger partial charge in [0, 0.05) is 32.2 Å². The third-order valence-corrected chi connectivity index (χ3v) is 4.02. The molecule has 1 heterocycles. The molecule has 1 fully saturated rings. The van der Waals surface area contributed by atoms with Gasteiger partial charge in [-0.05, 0) is 37.8 Å². The molecule has 5 nitrogen and oxygen atoms in total. The Morgan fingerprint density at radius 2 is 2.10 bits per heavy atom. The van der Waals surface area contributed by atoms with Gasteiger partial charge in [0.1, 0.15) is 0 Å². The van der Waals surface area contributed by atoms with Crippen LogP contribution in [0.4, 0.5) is 10.5 Å². The summed E-state index contributed by atoms with van der Waals surface area (Å²) >= 11 is 0. The number of carboxylic acids is 1. The summed E-state index contributed by atoms with van der Waals surface area (Å²) in [5.41, 5.74) is 3.12. The Morgan fingerprint density at radius 1 is 1.38 bits per heavy atom. The van der Waals surface area contributed by atoms with Crippen molar-refractivity contribution >= 4 is 17.7 Å². The fourth-order valence-electron chi connectivity index (χ4n) is 2.92. The van der Waals surface area contributed by atoms with Crippen LogP contribution in [-0.4, -0.2) is 42.1 Å². The number of carbonyl (C=O) groups excluding carboxylic acids is 1. The normalized spacial score (nSPS) is 17.9. The highest BCUT2D eigenvalue weighted by molar-refractivity contribution is 5.92. The predicted octanol–water partition coefficient (Wildman–Crippen LogP) is 2.66. The Kier molecular flexibility index (Phi) is 4.50. The number of likely N-dealkylation sites (tertiary alicyclic amines) is 1. The van der Waals surface area contributed by atoms with Crippen LogP contribution in [-0.2, 0) is 4.79 Å². The molecule has 1 atom stereocenters. The van der Waals surface area contributed by atoms with Gasteiger partial charge in [0.2, 0.25) is 0 Å². The number of carboxylic acid groups (broad SMARTS) is 1. The van der Waals surface area contributed by atoms with Crippen molar-refractivity contribution < 1.29 is 14.7 Å². The second kappa shape index (κ2) is 6.16. The van der Waals surface area contributed by atoms with Crippen molar-refractivity contribution in [1.29, 1.82) is 0 Å². The molecule has 114 valence electrons. The number of aliphatic carboxylic acids is 1. The van der Waals surface area contributed by atoms with Crippen molar-refractivity contribution in [2.24, 2.45) is 5.92 Å². The fraction of sp³-hybridized carbons (Fsp3) is 0.500. The molecule has 21 heavy (non-hydrogen) atoms. The molecule has 1 aliphatic heterocycles. The fourth-order valence-corrected chi connectivity index (χ4v) is 2.92. The molecule has 1 saturated heterocycles. The van der Waals surface area contributed by atoms with E-state index >= 15 is 0 Å². The molecule has 1 aliphatic rings. The molecule has 0 bridgehead atoms. The van der Waals surface area contributed by atoms with Gasteiger partial charge in [0.05, 0.1) is 0 Å². The summed E-state index contributed by atoms with van der Waals surface area (Å²) in [7, 11) is 1.77. The Labute approximate surface area is 125 Å². The topological polar surface area (TPSA) is 60.9 Å². The van der Waals surface area contributed by atoms with E-state index in [0.29, 0.717) is 13.1 Å². The summed E-state index contributed by atoms with van der Waals surface area (Å²) in [6.07, 6.45) is 0.899. The molecule has 0 aromatic heterocycles. The molecule has 0 aliphatic carbocycles. The number of hydrogen-bond acceptors (Lipinski definition) is 2. The Morgan fingerprint density at radius 3 is 2.71 bits per heavy atom. The average molecular weight is 290 g/mol. The average Bonchev–Trinajstić information content (AvgIpc) is 2.84. The van der Waals surface area contributed by atoms with Crippen molar-refractivity contribution in [3.05, 3.63) is 29.3 Å². The maximum Gasteiger partial charge on any atom is 0.324 e. The minimum absolute atomic E-state index is 0.0603. The van der Waals surface area contributed by atoms with Gasteiger partial charge >= 0.3 is 12.0 Å². The third-order valence-electron chi connectivity index (χ3n) is 4.02. The highest BCUT2D eigenvalue weighted by Gasteiger charge is 2.30. The van der Waals surface area contributed by atoms with Gasteiger partial charge in [-0.2, -0.15) is 0 Å². The van der Waals surface area contributed by atoms with Crippen molar-refractivity contribution in [1.82, 2.24) is 4.90 Å². The minimum Gasteiger partial charge on any atom is -0.481 e. The molecule has 5 heteroatoms. The van der Waals surface area contributed by atoms with Crippen molar-refractivity contribution in [3.8, 4) is 0 Å². The summed E-state index contributed by atoms with van der Waals surface area (Å²) in [5, 5.41) is 8.83. The Hall–Kier alpha value is -2.04. The van der Waals surface area contributed by atoms with Gasteiger partial charge in [-0.1, -0.05) is 17.7 Å². The van der Waals surface area contributed by atoms with E-state index in [2.05, 4.69) is 6.07 Å². The standard InChI is InChI=1S/C16H22N2O3/c1-11-4-5-14(12(2)8-11)17(3)16(21)18-7-6-13(10-18)9-15(19)20/h4-5,8,13H,6-7,9-10H2,1-3H3,(H,19,20). The van der Waals surface area contributed by atoms with E-state index in [4.69, 9.17) is 5.11 Å². The van der Waals surface area contributed by atoms with E-state index in [0.717, 1.165) is 17.7 Å². The predicted molar refractivity (Wildman–Crippen MR) is 81.6 cm³/mol. The molecule has 2 amide bonds. The van der Waals surface area contributed by atoms with E-state index in [1.807, 2.05) is 26.0 Å². The van der Waals surface area contributed by atoms with Gasteiger partial charge in [-0.25, -0.2) is 4.79 Å². The van der Waals surface area contributed by atoms with Crippen LogP contribution in [0.15, 0.2) is 18.2 Å². The van der Waals surface area contributed by atoms with Crippen LogP contribution < -0.4 is 4.90 Å². The van der Waals surface area contributed by atoms with Gasteiger partial charge in [-0.3, -0.25) is 9.69 Å². The SMILES string of the molecule is Cc1ccc(N(C)C(=O)N2CCC(CC(=O)O)C2)c(C)c1. The quantitative estimate of drug-likeness (QED) is 0.931.